The molecule has 0 aromatic carbocycles. The second kappa shape index (κ2) is 6.08. The summed E-state index contributed by atoms with van der Waals surface area (Å²) in [5.41, 5.74) is 0.0867. The van der Waals surface area contributed by atoms with Gasteiger partial charge in [-0.25, -0.2) is 12.8 Å². The predicted octanol–water partition coefficient (Wildman–Crippen LogP) is 2.70. The predicted molar refractivity (Wildman–Crippen MR) is 77.4 cm³/mol. The van der Waals surface area contributed by atoms with Gasteiger partial charge in [-0.3, -0.25) is 9.78 Å². The SMILES string of the molecule is CC(NC(=O)c1cncc(F)c1)c1ccc(S(=O)(=O)Cl)s1. The second-order valence-corrected chi connectivity index (χ2v) is 8.09. The van der Waals surface area contributed by atoms with Crippen molar-refractivity contribution in [3.05, 3.63) is 46.9 Å². The second-order valence-electron chi connectivity index (χ2n) is 4.18. The van der Waals surface area contributed by atoms with Crippen molar-refractivity contribution in [1.82, 2.24) is 10.3 Å². The van der Waals surface area contributed by atoms with E-state index in [0.29, 0.717) is 4.88 Å². The summed E-state index contributed by atoms with van der Waals surface area (Å²) in [7, 11) is 1.46. The molecule has 0 bridgehead atoms. The maximum Gasteiger partial charge on any atom is 0.270 e. The largest absolute Gasteiger partial charge is 0.345 e. The molecule has 1 amide bonds. The van der Waals surface area contributed by atoms with Crippen molar-refractivity contribution in [2.75, 3.05) is 0 Å². The molecule has 112 valence electrons. The van der Waals surface area contributed by atoms with Crippen LogP contribution < -0.4 is 5.32 Å². The van der Waals surface area contributed by atoms with E-state index in [1.165, 1.54) is 12.3 Å². The summed E-state index contributed by atoms with van der Waals surface area (Å²) < 4.78 is 35.4. The number of nitrogens with one attached hydrogen (secondary N) is 1. The number of nitrogens with zero attached hydrogens (tertiary/aromatic N) is 1. The van der Waals surface area contributed by atoms with Crippen LogP contribution >= 0.6 is 22.0 Å². The number of halogens is 2. The molecular weight excluding hydrogens is 339 g/mol. The number of hydrogen-bond acceptors (Lipinski definition) is 5. The van der Waals surface area contributed by atoms with E-state index in [1.54, 1.807) is 13.0 Å². The van der Waals surface area contributed by atoms with Gasteiger partial charge < -0.3 is 5.32 Å². The zero-order valence-corrected chi connectivity index (χ0v) is 13.1. The Morgan fingerprint density at radius 2 is 2.14 bits per heavy atom. The Bertz CT molecular complexity index is 776. The third-order valence-corrected chi connectivity index (χ3v) is 5.94. The first kappa shape index (κ1) is 15.9. The lowest BCUT2D eigenvalue weighted by molar-refractivity contribution is 0.0939. The van der Waals surface area contributed by atoms with E-state index in [2.05, 4.69) is 10.3 Å². The van der Waals surface area contributed by atoms with Gasteiger partial charge in [0.05, 0.1) is 17.8 Å². The molecule has 2 heterocycles. The molecule has 5 nitrogen and oxygen atoms in total. The number of hydrogen-bond donors (Lipinski definition) is 1. The molecule has 0 spiro atoms. The van der Waals surface area contributed by atoms with Gasteiger partial charge in [0.1, 0.15) is 10.0 Å². The molecule has 0 aliphatic heterocycles. The van der Waals surface area contributed by atoms with Crippen LogP contribution in [0, 0.1) is 5.82 Å². The van der Waals surface area contributed by atoms with Crippen LogP contribution in [0.1, 0.15) is 28.2 Å². The van der Waals surface area contributed by atoms with Crippen molar-refractivity contribution in [3.8, 4) is 0 Å². The monoisotopic (exact) mass is 348 g/mol. The highest BCUT2D eigenvalue weighted by atomic mass is 35.7. The number of pyridine rings is 1. The fourth-order valence-corrected chi connectivity index (χ4v) is 3.68. The quantitative estimate of drug-likeness (QED) is 0.862. The van der Waals surface area contributed by atoms with Crippen LogP contribution in [0.25, 0.3) is 0 Å². The van der Waals surface area contributed by atoms with Gasteiger partial charge in [-0.1, -0.05) is 0 Å². The standard InChI is InChI=1S/C12H10ClFN2O3S2/c1-7(10-2-3-11(20-10)21(13,18)19)16-12(17)8-4-9(14)6-15-5-8/h2-7H,1H3,(H,16,17). The summed E-state index contributed by atoms with van der Waals surface area (Å²) in [4.78, 5) is 16.1. The van der Waals surface area contributed by atoms with Gasteiger partial charge in [-0.15, -0.1) is 11.3 Å². The summed E-state index contributed by atoms with van der Waals surface area (Å²) in [5.74, 6) is -1.11. The molecule has 1 unspecified atom stereocenters. The zero-order chi connectivity index (χ0) is 15.6. The molecule has 0 saturated carbocycles. The van der Waals surface area contributed by atoms with E-state index in [4.69, 9.17) is 10.7 Å². The first-order valence-electron chi connectivity index (χ1n) is 5.73. The smallest absolute Gasteiger partial charge is 0.270 e. The van der Waals surface area contributed by atoms with E-state index >= 15 is 0 Å². The van der Waals surface area contributed by atoms with Crippen molar-refractivity contribution >= 4 is 37.0 Å². The Kier molecular flexibility index (Phi) is 4.60. The van der Waals surface area contributed by atoms with Gasteiger partial charge in [-0.05, 0) is 25.1 Å². The van der Waals surface area contributed by atoms with Gasteiger partial charge >= 0.3 is 0 Å². The average molecular weight is 349 g/mol. The Morgan fingerprint density at radius 1 is 1.43 bits per heavy atom. The van der Waals surface area contributed by atoms with Crippen molar-refractivity contribution in [3.63, 3.8) is 0 Å². The fourth-order valence-electron chi connectivity index (χ4n) is 1.59. The lowest BCUT2D eigenvalue weighted by Crippen LogP contribution is -2.26. The number of rotatable bonds is 4. The van der Waals surface area contributed by atoms with E-state index in [1.807, 2.05) is 0 Å². The number of aromatic nitrogens is 1. The maximum absolute atomic E-state index is 13.0. The molecule has 1 atom stereocenters. The van der Waals surface area contributed by atoms with Gasteiger partial charge in [0, 0.05) is 21.8 Å². The van der Waals surface area contributed by atoms with Gasteiger partial charge in [0.2, 0.25) is 0 Å². The Labute approximate surface area is 129 Å². The topological polar surface area (TPSA) is 76.1 Å². The molecule has 0 saturated heterocycles. The van der Waals surface area contributed by atoms with Crippen LogP contribution in [-0.2, 0) is 9.05 Å². The van der Waals surface area contributed by atoms with Crippen LogP contribution in [0.4, 0.5) is 4.39 Å². The number of carbonyl (C=O) groups excluding carboxylic acids is 1. The molecular formula is C12H10ClFN2O3S2. The third kappa shape index (κ3) is 3.99. The normalized spacial score (nSPS) is 12.9. The van der Waals surface area contributed by atoms with E-state index in [0.717, 1.165) is 23.6 Å². The minimum Gasteiger partial charge on any atom is -0.345 e. The van der Waals surface area contributed by atoms with Crippen molar-refractivity contribution in [2.24, 2.45) is 0 Å². The van der Waals surface area contributed by atoms with Gasteiger partial charge in [0.25, 0.3) is 15.0 Å². The summed E-state index contributed by atoms with van der Waals surface area (Å²) in [6.45, 7) is 1.68. The minimum atomic E-state index is -3.78. The Hall–Kier alpha value is -1.51. The van der Waals surface area contributed by atoms with Crippen LogP contribution in [0.5, 0.6) is 0 Å². The highest BCUT2D eigenvalue weighted by Gasteiger charge is 2.18. The molecule has 2 rings (SSSR count). The third-order valence-electron chi connectivity index (χ3n) is 2.58. The zero-order valence-electron chi connectivity index (χ0n) is 10.7. The molecule has 0 aliphatic rings. The van der Waals surface area contributed by atoms with Gasteiger partial charge in [-0.2, -0.15) is 0 Å². The first-order chi connectivity index (χ1) is 9.77. The Balaban J connectivity index is 2.13. The highest BCUT2D eigenvalue weighted by molar-refractivity contribution is 8.15. The molecule has 21 heavy (non-hydrogen) atoms. The van der Waals surface area contributed by atoms with Crippen molar-refractivity contribution in [1.29, 1.82) is 0 Å². The average Bonchev–Trinajstić information content (AvgIpc) is 2.88. The number of carbonyl (C=O) groups is 1. The number of amides is 1. The van der Waals surface area contributed by atoms with Crippen molar-refractivity contribution < 1.29 is 17.6 Å². The molecule has 9 heteroatoms. The summed E-state index contributed by atoms with van der Waals surface area (Å²) >= 11 is 0.964. The molecule has 0 fully saturated rings. The van der Waals surface area contributed by atoms with E-state index in [9.17, 15) is 17.6 Å². The van der Waals surface area contributed by atoms with Crippen LogP contribution in [0.2, 0.25) is 0 Å². The lowest BCUT2D eigenvalue weighted by Gasteiger charge is -2.11. The molecule has 1 N–H and O–H groups in total. The lowest BCUT2D eigenvalue weighted by atomic mass is 10.2. The summed E-state index contributed by atoms with van der Waals surface area (Å²) in [6, 6.07) is 3.56. The minimum absolute atomic E-state index is 0.00712. The Morgan fingerprint density at radius 3 is 2.71 bits per heavy atom. The fraction of sp³-hybridized carbons (Fsp3) is 0.167. The molecule has 2 aromatic rings. The number of thiophene rings is 1. The van der Waals surface area contributed by atoms with Crippen molar-refractivity contribution in [2.45, 2.75) is 17.2 Å². The maximum atomic E-state index is 13.0. The van der Waals surface area contributed by atoms with Crippen LogP contribution in [0.15, 0.2) is 34.8 Å². The molecule has 0 radical (unpaired) electrons. The molecule has 2 aromatic heterocycles. The summed E-state index contributed by atoms with van der Waals surface area (Å²) in [6.07, 6.45) is 2.24. The summed E-state index contributed by atoms with van der Waals surface area (Å²) in [5, 5.41) is 2.63. The van der Waals surface area contributed by atoms with E-state index < -0.39 is 26.8 Å². The van der Waals surface area contributed by atoms with Crippen LogP contribution in [0.3, 0.4) is 0 Å². The van der Waals surface area contributed by atoms with Gasteiger partial charge in [0.15, 0.2) is 0 Å². The first-order valence-corrected chi connectivity index (χ1v) is 8.86. The molecule has 0 aliphatic carbocycles. The van der Waals surface area contributed by atoms with E-state index in [-0.39, 0.29) is 9.77 Å². The highest BCUT2D eigenvalue weighted by Crippen LogP contribution is 2.28. The van der Waals surface area contributed by atoms with Crippen LogP contribution in [-0.4, -0.2) is 19.3 Å².